The second-order valence-corrected chi connectivity index (χ2v) is 5.05. The fourth-order valence-electron chi connectivity index (χ4n) is 1.93. The molecule has 0 atom stereocenters. The molecule has 3 nitrogen and oxygen atoms in total. The summed E-state index contributed by atoms with van der Waals surface area (Å²) in [5.74, 6) is 1.06. The van der Waals surface area contributed by atoms with Gasteiger partial charge in [-0.1, -0.05) is 6.07 Å². The van der Waals surface area contributed by atoms with E-state index in [9.17, 15) is 0 Å². The van der Waals surface area contributed by atoms with E-state index in [2.05, 4.69) is 60.6 Å². The molecule has 0 saturated carbocycles. The van der Waals surface area contributed by atoms with Gasteiger partial charge in [-0.05, 0) is 45.5 Å². The second-order valence-electron chi connectivity index (χ2n) is 5.05. The average Bonchev–Trinajstić information content (AvgIpc) is 2.54. The summed E-state index contributed by atoms with van der Waals surface area (Å²) in [6.07, 6.45) is 0. The molecule has 0 aliphatic rings. The van der Waals surface area contributed by atoms with Crippen LogP contribution in [-0.2, 0) is 13.6 Å². The molecule has 0 aliphatic heterocycles. The smallest absolute Gasteiger partial charge is 0.106 e. The van der Waals surface area contributed by atoms with Gasteiger partial charge in [0.15, 0.2) is 0 Å². The third-order valence-electron chi connectivity index (χ3n) is 3.48. The van der Waals surface area contributed by atoms with Crippen molar-refractivity contribution in [2.75, 3.05) is 7.05 Å². The Morgan fingerprint density at radius 2 is 2.06 bits per heavy atom. The van der Waals surface area contributed by atoms with Crippen LogP contribution < -0.4 is 0 Å². The highest BCUT2D eigenvalue weighted by Crippen LogP contribution is 2.17. The quantitative estimate of drug-likeness (QED) is 0.810. The van der Waals surface area contributed by atoms with E-state index in [1.807, 2.05) is 6.92 Å². The molecule has 1 aromatic carbocycles. The van der Waals surface area contributed by atoms with Gasteiger partial charge in [-0.15, -0.1) is 0 Å². The molecule has 0 amide bonds. The van der Waals surface area contributed by atoms with Crippen molar-refractivity contribution in [3.63, 3.8) is 0 Å². The highest BCUT2D eigenvalue weighted by atomic mass is 15.1. The van der Waals surface area contributed by atoms with Crippen LogP contribution in [0.25, 0.3) is 11.0 Å². The summed E-state index contributed by atoms with van der Waals surface area (Å²) in [4.78, 5) is 6.90. The first-order chi connectivity index (χ1) is 7.99. The number of aromatic nitrogens is 2. The monoisotopic (exact) mass is 231 g/mol. The van der Waals surface area contributed by atoms with Crippen LogP contribution in [0.4, 0.5) is 0 Å². The first-order valence-corrected chi connectivity index (χ1v) is 6.11. The maximum absolute atomic E-state index is 4.57. The predicted molar refractivity (Wildman–Crippen MR) is 72.1 cm³/mol. The zero-order chi connectivity index (χ0) is 12.6. The maximum atomic E-state index is 4.57. The van der Waals surface area contributed by atoms with Gasteiger partial charge >= 0.3 is 0 Å². The Bertz CT molecular complexity index is 525. The van der Waals surface area contributed by atoms with Crippen molar-refractivity contribution in [1.29, 1.82) is 0 Å². The van der Waals surface area contributed by atoms with Crippen molar-refractivity contribution < 1.29 is 0 Å². The van der Waals surface area contributed by atoms with Gasteiger partial charge in [0.1, 0.15) is 5.82 Å². The summed E-state index contributed by atoms with van der Waals surface area (Å²) in [6, 6.07) is 7.12. The van der Waals surface area contributed by atoms with Crippen LogP contribution >= 0.6 is 0 Å². The van der Waals surface area contributed by atoms with Crippen molar-refractivity contribution >= 4 is 11.0 Å². The van der Waals surface area contributed by atoms with Crippen LogP contribution in [0.2, 0.25) is 0 Å². The van der Waals surface area contributed by atoms with E-state index in [-0.39, 0.29) is 0 Å². The summed E-state index contributed by atoms with van der Waals surface area (Å²) >= 11 is 0. The standard InChI is InChI=1S/C14H21N3/c1-10(2)16(4)9-12-6-7-14-13(8-12)15-11(3)17(14)5/h6-8,10H,9H2,1-5H3. The van der Waals surface area contributed by atoms with Crippen molar-refractivity contribution in [2.45, 2.75) is 33.4 Å². The van der Waals surface area contributed by atoms with Gasteiger partial charge in [-0.2, -0.15) is 0 Å². The molecule has 0 fully saturated rings. The molecule has 0 spiro atoms. The zero-order valence-electron chi connectivity index (χ0n) is 11.4. The lowest BCUT2D eigenvalue weighted by molar-refractivity contribution is 0.266. The highest BCUT2D eigenvalue weighted by Gasteiger charge is 2.07. The number of hydrogen-bond donors (Lipinski definition) is 0. The highest BCUT2D eigenvalue weighted by molar-refractivity contribution is 5.76. The van der Waals surface area contributed by atoms with Crippen LogP contribution in [0.1, 0.15) is 25.2 Å². The van der Waals surface area contributed by atoms with E-state index < -0.39 is 0 Å². The van der Waals surface area contributed by atoms with Crippen LogP contribution in [0.3, 0.4) is 0 Å². The molecule has 0 unspecified atom stereocenters. The summed E-state index contributed by atoms with van der Waals surface area (Å²) in [6.45, 7) is 7.44. The van der Waals surface area contributed by atoms with E-state index >= 15 is 0 Å². The Balaban J connectivity index is 2.32. The van der Waals surface area contributed by atoms with Crippen molar-refractivity contribution in [3.05, 3.63) is 29.6 Å². The Kier molecular flexibility index (Phi) is 3.20. The normalized spacial score (nSPS) is 11.9. The summed E-state index contributed by atoms with van der Waals surface area (Å²) in [5.41, 5.74) is 3.63. The van der Waals surface area contributed by atoms with E-state index in [1.165, 1.54) is 11.1 Å². The van der Waals surface area contributed by atoms with E-state index in [4.69, 9.17) is 0 Å². The summed E-state index contributed by atoms with van der Waals surface area (Å²) < 4.78 is 2.13. The molecule has 1 heterocycles. The largest absolute Gasteiger partial charge is 0.331 e. The number of aryl methyl sites for hydroxylation is 2. The minimum Gasteiger partial charge on any atom is -0.331 e. The van der Waals surface area contributed by atoms with Gasteiger partial charge < -0.3 is 4.57 Å². The molecule has 0 N–H and O–H groups in total. The van der Waals surface area contributed by atoms with Gasteiger partial charge in [0.05, 0.1) is 11.0 Å². The third-order valence-corrected chi connectivity index (χ3v) is 3.48. The molecular weight excluding hydrogens is 210 g/mol. The number of nitrogens with zero attached hydrogens (tertiary/aromatic N) is 3. The number of benzene rings is 1. The second kappa shape index (κ2) is 4.49. The summed E-state index contributed by atoms with van der Waals surface area (Å²) in [5, 5.41) is 0. The van der Waals surface area contributed by atoms with Crippen LogP contribution in [-0.4, -0.2) is 27.5 Å². The van der Waals surface area contributed by atoms with Crippen molar-refractivity contribution in [3.8, 4) is 0 Å². The van der Waals surface area contributed by atoms with Crippen molar-refractivity contribution in [2.24, 2.45) is 7.05 Å². The van der Waals surface area contributed by atoms with E-state index in [1.54, 1.807) is 0 Å². The molecule has 92 valence electrons. The Labute approximate surface area is 103 Å². The van der Waals surface area contributed by atoms with E-state index in [0.717, 1.165) is 17.9 Å². The van der Waals surface area contributed by atoms with Crippen molar-refractivity contribution in [1.82, 2.24) is 14.5 Å². The zero-order valence-corrected chi connectivity index (χ0v) is 11.4. The van der Waals surface area contributed by atoms with Gasteiger partial charge in [0.25, 0.3) is 0 Å². The first-order valence-electron chi connectivity index (χ1n) is 6.11. The number of fused-ring (bicyclic) bond motifs is 1. The molecule has 17 heavy (non-hydrogen) atoms. The summed E-state index contributed by atoms with van der Waals surface area (Å²) in [7, 11) is 4.21. The lowest BCUT2D eigenvalue weighted by Crippen LogP contribution is -2.25. The van der Waals surface area contributed by atoms with Crippen LogP contribution in [0.15, 0.2) is 18.2 Å². The number of rotatable bonds is 3. The topological polar surface area (TPSA) is 21.1 Å². The van der Waals surface area contributed by atoms with Crippen LogP contribution in [0, 0.1) is 6.92 Å². The minimum atomic E-state index is 0.566. The first kappa shape index (κ1) is 12.1. The number of imidazole rings is 1. The van der Waals surface area contributed by atoms with Gasteiger partial charge in [-0.3, -0.25) is 4.90 Å². The van der Waals surface area contributed by atoms with Crippen LogP contribution in [0.5, 0.6) is 0 Å². The molecule has 2 rings (SSSR count). The third kappa shape index (κ3) is 2.34. The van der Waals surface area contributed by atoms with Gasteiger partial charge in [0, 0.05) is 19.6 Å². The fraction of sp³-hybridized carbons (Fsp3) is 0.500. The maximum Gasteiger partial charge on any atom is 0.106 e. The Hall–Kier alpha value is -1.35. The molecule has 3 heteroatoms. The number of hydrogen-bond acceptors (Lipinski definition) is 2. The van der Waals surface area contributed by atoms with Gasteiger partial charge in [-0.25, -0.2) is 4.98 Å². The van der Waals surface area contributed by atoms with E-state index in [0.29, 0.717) is 6.04 Å². The molecule has 1 aromatic heterocycles. The molecule has 0 saturated heterocycles. The molecule has 0 aliphatic carbocycles. The Morgan fingerprint density at radius 1 is 1.35 bits per heavy atom. The molecule has 0 radical (unpaired) electrons. The SMILES string of the molecule is Cc1nc2cc(CN(C)C(C)C)ccc2n1C. The fourth-order valence-corrected chi connectivity index (χ4v) is 1.93. The predicted octanol–water partition coefficient (Wildman–Crippen LogP) is 2.72. The lowest BCUT2D eigenvalue weighted by atomic mass is 10.1. The molecule has 0 bridgehead atoms. The lowest BCUT2D eigenvalue weighted by Gasteiger charge is -2.20. The van der Waals surface area contributed by atoms with Gasteiger partial charge in [0.2, 0.25) is 0 Å². The Morgan fingerprint density at radius 3 is 2.71 bits per heavy atom. The molecular formula is C14H21N3. The molecule has 2 aromatic rings. The average molecular weight is 231 g/mol. The minimum absolute atomic E-state index is 0.566.